The van der Waals surface area contributed by atoms with E-state index in [0.717, 1.165) is 32.4 Å². The van der Waals surface area contributed by atoms with Gasteiger partial charge in [-0.25, -0.2) is 4.98 Å². The van der Waals surface area contributed by atoms with Gasteiger partial charge in [-0.3, -0.25) is 0 Å². The molecule has 3 aromatic rings. The predicted octanol–water partition coefficient (Wildman–Crippen LogP) is 4.88. The molecule has 0 N–H and O–H groups in total. The van der Waals surface area contributed by atoms with Crippen molar-refractivity contribution in [3.8, 4) is 5.75 Å². The summed E-state index contributed by atoms with van der Waals surface area (Å²) in [7, 11) is 0. The van der Waals surface area contributed by atoms with E-state index in [2.05, 4.69) is 33.0 Å². The number of halogens is 1. The molecular formula is C17H14BrNO. The Hall–Kier alpha value is -1.87. The van der Waals surface area contributed by atoms with Crippen LogP contribution in [-0.4, -0.2) is 4.98 Å². The summed E-state index contributed by atoms with van der Waals surface area (Å²) >= 11 is 3.45. The van der Waals surface area contributed by atoms with Crippen molar-refractivity contribution in [2.45, 2.75) is 13.5 Å². The first-order valence-corrected chi connectivity index (χ1v) is 7.25. The zero-order chi connectivity index (χ0) is 13.9. The van der Waals surface area contributed by atoms with E-state index < -0.39 is 0 Å². The summed E-state index contributed by atoms with van der Waals surface area (Å²) in [6.45, 7) is 2.52. The largest absolute Gasteiger partial charge is 0.487 e. The van der Waals surface area contributed by atoms with Crippen molar-refractivity contribution in [2.24, 2.45) is 0 Å². The molecule has 0 aliphatic heterocycles. The Labute approximate surface area is 126 Å². The van der Waals surface area contributed by atoms with Crippen molar-refractivity contribution in [3.63, 3.8) is 0 Å². The third-order valence-electron chi connectivity index (χ3n) is 3.17. The van der Waals surface area contributed by atoms with Crippen LogP contribution in [0.5, 0.6) is 5.75 Å². The molecule has 100 valence electrons. The minimum Gasteiger partial charge on any atom is -0.487 e. The zero-order valence-corrected chi connectivity index (χ0v) is 12.7. The third kappa shape index (κ3) is 2.83. The molecule has 20 heavy (non-hydrogen) atoms. The van der Waals surface area contributed by atoms with Crippen LogP contribution in [0.25, 0.3) is 10.9 Å². The van der Waals surface area contributed by atoms with E-state index >= 15 is 0 Å². The van der Waals surface area contributed by atoms with Gasteiger partial charge in [0.25, 0.3) is 0 Å². The lowest BCUT2D eigenvalue weighted by Gasteiger charge is -2.09. The van der Waals surface area contributed by atoms with E-state index in [9.17, 15) is 0 Å². The summed E-state index contributed by atoms with van der Waals surface area (Å²) in [5.41, 5.74) is 3.05. The molecular weight excluding hydrogens is 314 g/mol. The molecule has 0 unspecified atom stereocenters. The summed E-state index contributed by atoms with van der Waals surface area (Å²) in [4.78, 5) is 4.60. The monoisotopic (exact) mass is 327 g/mol. The molecule has 2 aromatic carbocycles. The molecule has 3 rings (SSSR count). The summed E-state index contributed by atoms with van der Waals surface area (Å²) in [6, 6.07) is 18.2. The summed E-state index contributed by atoms with van der Waals surface area (Å²) in [5, 5.41) is 1.15. The molecule has 0 spiro atoms. The highest BCUT2D eigenvalue weighted by Crippen LogP contribution is 2.23. The number of ether oxygens (including phenoxy) is 1. The first-order valence-electron chi connectivity index (χ1n) is 6.46. The number of aromatic nitrogens is 1. The van der Waals surface area contributed by atoms with Gasteiger partial charge in [0.15, 0.2) is 0 Å². The van der Waals surface area contributed by atoms with Crippen molar-refractivity contribution in [1.29, 1.82) is 0 Å². The third-order valence-corrected chi connectivity index (χ3v) is 3.66. The van der Waals surface area contributed by atoms with Crippen LogP contribution in [0.4, 0.5) is 0 Å². The fraction of sp³-hybridized carbons (Fsp3) is 0.118. The highest BCUT2D eigenvalue weighted by Gasteiger charge is 2.02. The summed E-state index contributed by atoms with van der Waals surface area (Å²) < 4.78 is 6.90. The van der Waals surface area contributed by atoms with Crippen LogP contribution < -0.4 is 4.74 Å². The van der Waals surface area contributed by atoms with Crippen molar-refractivity contribution in [2.75, 3.05) is 0 Å². The smallest absolute Gasteiger partial charge is 0.130 e. The Kier molecular flexibility index (Phi) is 3.70. The van der Waals surface area contributed by atoms with Gasteiger partial charge in [-0.2, -0.15) is 0 Å². The molecule has 0 aliphatic rings. The summed E-state index contributed by atoms with van der Waals surface area (Å²) in [5.74, 6) is 0.892. The van der Waals surface area contributed by atoms with Crippen LogP contribution in [0.3, 0.4) is 0 Å². The van der Waals surface area contributed by atoms with Crippen LogP contribution >= 0.6 is 15.9 Å². The lowest BCUT2D eigenvalue weighted by atomic mass is 10.2. The molecule has 1 aromatic heterocycles. The van der Waals surface area contributed by atoms with Crippen LogP contribution in [-0.2, 0) is 6.61 Å². The molecule has 1 heterocycles. The van der Waals surface area contributed by atoms with E-state index in [4.69, 9.17) is 4.74 Å². The van der Waals surface area contributed by atoms with Crippen LogP contribution in [0.2, 0.25) is 0 Å². The number of pyridine rings is 1. The van der Waals surface area contributed by atoms with E-state index in [1.807, 2.05) is 49.4 Å². The quantitative estimate of drug-likeness (QED) is 0.683. The van der Waals surface area contributed by atoms with Gasteiger partial charge in [-0.15, -0.1) is 0 Å². The molecule has 0 fully saturated rings. The Morgan fingerprint density at radius 3 is 2.75 bits per heavy atom. The van der Waals surface area contributed by atoms with Crippen LogP contribution in [0.1, 0.15) is 11.3 Å². The van der Waals surface area contributed by atoms with E-state index in [0.29, 0.717) is 6.61 Å². The van der Waals surface area contributed by atoms with E-state index in [1.54, 1.807) is 0 Å². The number of benzene rings is 2. The lowest BCUT2D eigenvalue weighted by Crippen LogP contribution is -1.99. The second-order valence-corrected chi connectivity index (χ2v) is 5.61. The highest BCUT2D eigenvalue weighted by atomic mass is 79.9. The normalized spacial score (nSPS) is 10.7. The number of nitrogens with zero attached hydrogens (tertiary/aromatic N) is 1. The molecule has 0 aliphatic carbocycles. The predicted molar refractivity (Wildman–Crippen MR) is 85.0 cm³/mol. The number of rotatable bonds is 3. The number of aryl methyl sites for hydroxylation is 1. The van der Waals surface area contributed by atoms with Gasteiger partial charge in [-0.05, 0) is 42.8 Å². The molecule has 0 saturated heterocycles. The maximum absolute atomic E-state index is 5.84. The van der Waals surface area contributed by atoms with E-state index in [-0.39, 0.29) is 0 Å². The van der Waals surface area contributed by atoms with E-state index in [1.165, 1.54) is 0 Å². The number of hydrogen-bond donors (Lipinski definition) is 0. The molecule has 3 heteroatoms. The van der Waals surface area contributed by atoms with Crippen LogP contribution in [0, 0.1) is 6.92 Å². The van der Waals surface area contributed by atoms with Crippen molar-refractivity contribution in [1.82, 2.24) is 4.98 Å². The first kappa shape index (κ1) is 13.1. The minimum atomic E-state index is 0.479. The van der Waals surface area contributed by atoms with Gasteiger partial charge in [0.1, 0.15) is 12.4 Å². The van der Waals surface area contributed by atoms with Gasteiger partial charge >= 0.3 is 0 Å². The van der Waals surface area contributed by atoms with Crippen molar-refractivity contribution < 1.29 is 4.74 Å². The Morgan fingerprint density at radius 2 is 1.90 bits per heavy atom. The SMILES string of the molecule is Cc1cc(Br)ccc1OCc1ccc2ccccc2n1. The second-order valence-electron chi connectivity index (χ2n) is 4.69. The molecule has 0 saturated carbocycles. The van der Waals surface area contributed by atoms with Crippen molar-refractivity contribution in [3.05, 3.63) is 70.3 Å². The number of para-hydroxylation sites is 1. The van der Waals surface area contributed by atoms with Gasteiger partial charge < -0.3 is 4.74 Å². The standard InChI is InChI=1S/C17H14BrNO/c1-12-10-14(18)7-9-17(12)20-11-15-8-6-13-4-2-3-5-16(13)19-15/h2-10H,11H2,1H3. The zero-order valence-electron chi connectivity index (χ0n) is 11.1. The maximum Gasteiger partial charge on any atom is 0.130 e. The average Bonchev–Trinajstić information content (AvgIpc) is 2.46. The Bertz CT molecular complexity index is 755. The van der Waals surface area contributed by atoms with Gasteiger partial charge in [0.2, 0.25) is 0 Å². The second kappa shape index (κ2) is 5.63. The minimum absolute atomic E-state index is 0.479. The van der Waals surface area contributed by atoms with Gasteiger partial charge in [0, 0.05) is 9.86 Å². The van der Waals surface area contributed by atoms with Gasteiger partial charge in [0.05, 0.1) is 11.2 Å². The van der Waals surface area contributed by atoms with Gasteiger partial charge in [-0.1, -0.05) is 40.2 Å². The topological polar surface area (TPSA) is 22.1 Å². The highest BCUT2D eigenvalue weighted by molar-refractivity contribution is 9.10. The van der Waals surface area contributed by atoms with Crippen LogP contribution in [0.15, 0.2) is 59.1 Å². The first-order chi connectivity index (χ1) is 9.72. The number of hydrogen-bond acceptors (Lipinski definition) is 2. The average molecular weight is 328 g/mol. The number of fused-ring (bicyclic) bond motifs is 1. The maximum atomic E-state index is 5.84. The van der Waals surface area contributed by atoms with Crippen molar-refractivity contribution >= 4 is 26.8 Å². The molecule has 0 bridgehead atoms. The fourth-order valence-corrected chi connectivity index (χ4v) is 2.59. The summed E-state index contributed by atoms with van der Waals surface area (Å²) in [6.07, 6.45) is 0. The lowest BCUT2D eigenvalue weighted by molar-refractivity contribution is 0.299. The molecule has 0 amide bonds. The Balaban J connectivity index is 1.79. The Morgan fingerprint density at radius 1 is 1.05 bits per heavy atom. The fourth-order valence-electron chi connectivity index (χ4n) is 2.12. The molecule has 2 nitrogen and oxygen atoms in total. The molecule has 0 radical (unpaired) electrons. The molecule has 0 atom stereocenters.